The van der Waals surface area contributed by atoms with Gasteiger partial charge in [0.2, 0.25) is 0 Å². The van der Waals surface area contributed by atoms with Gasteiger partial charge in [-0.25, -0.2) is 15.6 Å². The maximum absolute atomic E-state index is 11.6. The highest BCUT2D eigenvalue weighted by Crippen LogP contribution is 2.17. The predicted molar refractivity (Wildman–Crippen MR) is 53.8 cm³/mol. The minimum absolute atomic E-state index is 0.0931. The number of nitrogens with one attached hydrogen (secondary N) is 1. The van der Waals surface area contributed by atoms with E-state index in [2.05, 4.69) is 10.4 Å². The van der Waals surface area contributed by atoms with E-state index in [0.717, 1.165) is 5.52 Å². The molecule has 0 aliphatic carbocycles. The van der Waals surface area contributed by atoms with Gasteiger partial charge in [0.1, 0.15) is 5.52 Å². The smallest absolute Gasteiger partial charge is 0.307 e. The Morgan fingerprint density at radius 3 is 2.79 bits per heavy atom. The van der Waals surface area contributed by atoms with Crippen LogP contribution in [-0.4, -0.2) is 14.1 Å². The molecule has 0 aliphatic rings. The van der Waals surface area contributed by atoms with Gasteiger partial charge in [0.15, 0.2) is 5.82 Å². The van der Waals surface area contributed by atoms with Crippen LogP contribution < -0.4 is 17.0 Å². The molecule has 74 valence electrons. The quantitative estimate of drug-likeness (QED) is 0.475. The van der Waals surface area contributed by atoms with Gasteiger partial charge in [-0.3, -0.25) is 9.13 Å². The molecule has 2 rings (SSSR count). The average Bonchev–Trinajstić information content (AvgIpc) is 2.44. The van der Waals surface area contributed by atoms with Crippen molar-refractivity contribution in [3.8, 4) is 0 Å². The topological polar surface area (TPSA) is 77.9 Å². The van der Waals surface area contributed by atoms with Crippen molar-refractivity contribution in [1.82, 2.24) is 14.1 Å². The first kappa shape index (κ1) is 8.76. The number of nitrogens with two attached hydrogens (primary N) is 1. The van der Waals surface area contributed by atoms with Crippen LogP contribution in [0.25, 0.3) is 11.0 Å². The van der Waals surface area contributed by atoms with Crippen LogP contribution in [0.3, 0.4) is 0 Å². The standard InChI is InChI=1S/C8H11N5O/c1-12-5-3-4-10-7(11-9)6(5)13(2)8(12)14/h3-4H,9H2,1-2H3,(H,10,11). The van der Waals surface area contributed by atoms with E-state index in [-0.39, 0.29) is 5.69 Å². The summed E-state index contributed by atoms with van der Waals surface area (Å²) in [4.78, 5) is 15.6. The normalized spacial score (nSPS) is 10.8. The number of anilines is 1. The molecule has 0 fully saturated rings. The van der Waals surface area contributed by atoms with Gasteiger partial charge in [-0.05, 0) is 6.07 Å². The minimum Gasteiger partial charge on any atom is -0.307 e. The highest BCUT2D eigenvalue weighted by Gasteiger charge is 2.11. The summed E-state index contributed by atoms with van der Waals surface area (Å²) < 4.78 is 3.06. The van der Waals surface area contributed by atoms with Gasteiger partial charge in [0.05, 0.1) is 5.52 Å². The molecule has 0 unspecified atom stereocenters. The first-order valence-corrected chi connectivity index (χ1v) is 4.14. The summed E-state index contributed by atoms with van der Waals surface area (Å²) in [5.41, 5.74) is 3.89. The van der Waals surface area contributed by atoms with Crippen LogP contribution >= 0.6 is 0 Å². The maximum atomic E-state index is 11.6. The van der Waals surface area contributed by atoms with Crippen molar-refractivity contribution in [1.29, 1.82) is 0 Å². The first-order chi connectivity index (χ1) is 6.66. The highest BCUT2D eigenvalue weighted by molar-refractivity contribution is 5.86. The van der Waals surface area contributed by atoms with Crippen molar-refractivity contribution in [3.63, 3.8) is 0 Å². The number of nitrogen functional groups attached to an aromatic ring is 1. The Morgan fingerprint density at radius 2 is 2.14 bits per heavy atom. The Kier molecular flexibility index (Phi) is 1.78. The largest absolute Gasteiger partial charge is 0.328 e. The molecule has 0 atom stereocenters. The molecule has 0 spiro atoms. The van der Waals surface area contributed by atoms with Crippen LogP contribution in [0.15, 0.2) is 17.1 Å². The first-order valence-electron chi connectivity index (χ1n) is 4.14. The number of rotatable bonds is 1. The van der Waals surface area contributed by atoms with Crippen molar-refractivity contribution >= 4 is 16.9 Å². The lowest BCUT2D eigenvalue weighted by Gasteiger charge is -2.01. The van der Waals surface area contributed by atoms with Crippen LogP contribution in [-0.2, 0) is 14.1 Å². The fraction of sp³-hybridized carbons (Fsp3) is 0.250. The SMILES string of the molecule is Cn1c(=O)n(C)c2c(NN)nccc21. The van der Waals surface area contributed by atoms with Gasteiger partial charge in [-0.15, -0.1) is 0 Å². The lowest BCUT2D eigenvalue weighted by molar-refractivity contribution is 0.795. The molecular formula is C8H11N5O. The van der Waals surface area contributed by atoms with Crippen LogP contribution in [0.1, 0.15) is 0 Å². The van der Waals surface area contributed by atoms with E-state index < -0.39 is 0 Å². The van der Waals surface area contributed by atoms with Crippen LogP contribution in [0.4, 0.5) is 5.82 Å². The molecule has 0 saturated heterocycles. The number of hydrazine groups is 1. The lowest BCUT2D eigenvalue weighted by atomic mass is 10.4. The molecule has 0 saturated carbocycles. The molecule has 0 amide bonds. The summed E-state index contributed by atoms with van der Waals surface area (Å²) >= 11 is 0. The monoisotopic (exact) mass is 193 g/mol. The second-order valence-electron chi connectivity index (χ2n) is 3.07. The number of aryl methyl sites for hydroxylation is 2. The molecule has 2 heterocycles. The number of hydrogen-bond donors (Lipinski definition) is 2. The third kappa shape index (κ3) is 0.942. The van der Waals surface area contributed by atoms with Gasteiger partial charge in [0, 0.05) is 20.3 Å². The van der Waals surface area contributed by atoms with Crippen LogP contribution in [0, 0.1) is 0 Å². The molecule has 2 aromatic heterocycles. The van der Waals surface area contributed by atoms with Gasteiger partial charge in [0.25, 0.3) is 0 Å². The van der Waals surface area contributed by atoms with Crippen molar-refractivity contribution in [3.05, 3.63) is 22.7 Å². The van der Waals surface area contributed by atoms with E-state index in [9.17, 15) is 4.79 Å². The zero-order valence-electron chi connectivity index (χ0n) is 7.98. The van der Waals surface area contributed by atoms with Crippen molar-refractivity contribution < 1.29 is 0 Å². The van der Waals surface area contributed by atoms with Crippen LogP contribution in [0.2, 0.25) is 0 Å². The Morgan fingerprint density at radius 1 is 1.43 bits per heavy atom. The molecule has 3 N–H and O–H groups in total. The molecule has 6 heteroatoms. The van der Waals surface area contributed by atoms with Gasteiger partial charge < -0.3 is 5.43 Å². The second kappa shape index (κ2) is 2.85. The number of pyridine rings is 1. The van der Waals surface area contributed by atoms with E-state index in [4.69, 9.17) is 5.84 Å². The van der Waals surface area contributed by atoms with E-state index in [1.807, 2.05) is 0 Å². The molecule has 6 nitrogen and oxygen atoms in total. The summed E-state index contributed by atoms with van der Waals surface area (Å²) in [6.45, 7) is 0. The third-order valence-corrected chi connectivity index (χ3v) is 2.31. The summed E-state index contributed by atoms with van der Waals surface area (Å²) in [6, 6.07) is 1.78. The van der Waals surface area contributed by atoms with Crippen molar-refractivity contribution in [2.24, 2.45) is 19.9 Å². The van der Waals surface area contributed by atoms with Crippen molar-refractivity contribution in [2.75, 3.05) is 5.43 Å². The Balaban J connectivity index is 3.02. The summed E-state index contributed by atoms with van der Waals surface area (Å²) in [7, 11) is 3.40. The molecular weight excluding hydrogens is 182 g/mol. The Bertz CT molecular complexity index is 538. The third-order valence-electron chi connectivity index (χ3n) is 2.31. The molecule has 0 aromatic carbocycles. The number of nitrogens with zero attached hydrogens (tertiary/aromatic N) is 3. The second-order valence-corrected chi connectivity index (χ2v) is 3.07. The molecule has 14 heavy (non-hydrogen) atoms. The summed E-state index contributed by atoms with van der Waals surface area (Å²) in [5.74, 6) is 5.81. The summed E-state index contributed by atoms with van der Waals surface area (Å²) in [5, 5.41) is 0. The summed E-state index contributed by atoms with van der Waals surface area (Å²) in [6.07, 6.45) is 1.61. The lowest BCUT2D eigenvalue weighted by Crippen LogP contribution is -2.19. The fourth-order valence-electron chi connectivity index (χ4n) is 1.57. The highest BCUT2D eigenvalue weighted by atomic mass is 16.1. The van der Waals surface area contributed by atoms with Gasteiger partial charge >= 0.3 is 5.69 Å². The zero-order valence-corrected chi connectivity index (χ0v) is 7.98. The Labute approximate surface area is 79.9 Å². The van der Waals surface area contributed by atoms with Crippen LogP contribution in [0.5, 0.6) is 0 Å². The van der Waals surface area contributed by atoms with E-state index in [1.54, 1.807) is 30.9 Å². The number of fused-ring (bicyclic) bond motifs is 1. The Hall–Kier alpha value is -1.82. The minimum atomic E-state index is -0.0931. The molecule has 2 aromatic rings. The van der Waals surface area contributed by atoms with E-state index >= 15 is 0 Å². The van der Waals surface area contributed by atoms with E-state index in [0.29, 0.717) is 11.3 Å². The maximum Gasteiger partial charge on any atom is 0.328 e. The number of aromatic nitrogens is 3. The van der Waals surface area contributed by atoms with E-state index in [1.165, 1.54) is 4.57 Å². The predicted octanol–water partition coefficient (Wildman–Crippen LogP) is -0.442. The van der Waals surface area contributed by atoms with Gasteiger partial charge in [-0.1, -0.05) is 0 Å². The fourth-order valence-corrected chi connectivity index (χ4v) is 1.57. The zero-order chi connectivity index (χ0) is 10.3. The van der Waals surface area contributed by atoms with Crippen molar-refractivity contribution in [2.45, 2.75) is 0 Å². The molecule has 0 bridgehead atoms. The number of imidazole rings is 1. The van der Waals surface area contributed by atoms with Gasteiger partial charge in [-0.2, -0.15) is 0 Å². The molecule has 0 aliphatic heterocycles. The average molecular weight is 193 g/mol. The molecule has 0 radical (unpaired) electrons. The number of hydrogen-bond acceptors (Lipinski definition) is 4.